The molecule has 1 heteroatoms. The van der Waals surface area contributed by atoms with Crippen molar-refractivity contribution in [3.05, 3.63) is 35.4 Å². The van der Waals surface area contributed by atoms with Crippen LogP contribution in [-0.2, 0) is 5.54 Å². The van der Waals surface area contributed by atoms with Crippen molar-refractivity contribution in [3.8, 4) is 0 Å². The van der Waals surface area contributed by atoms with Gasteiger partial charge in [0.05, 0.1) is 0 Å². The van der Waals surface area contributed by atoms with Crippen LogP contribution in [0.15, 0.2) is 24.3 Å². The summed E-state index contributed by atoms with van der Waals surface area (Å²) >= 11 is 0. The van der Waals surface area contributed by atoms with Gasteiger partial charge in [0, 0.05) is 5.54 Å². The first-order valence-corrected chi connectivity index (χ1v) is 6.53. The van der Waals surface area contributed by atoms with Crippen LogP contribution in [0.2, 0.25) is 0 Å². The first-order valence-electron chi connectivity index (χ1n) is 6.53. The van der Waals surface area contributed by atoms with Gasteiger partial charge in [-0.1, -0.05) is 45.0 Å². The van der Waals surface area contributed by atoms with E-state index in [0.717, 1.165) is 0 Å². The van der Waals surface area contributed by atoms with Gasteiger partial charge >= 0.3 is 0 Å². The molecule has 0 aliphatic carbocycles. The Bertz CT molecular complexity index is 331. The van der Waals surface area contributed by atoms with E-state index in [0.29, 0.717) is 5.92 Å². The predicted octanol–water partition coefficient (Wildman–Crippen LogP) is 3.80. The van der Waals surface area contributed by atoms with Gasteiger partial charge in [-0.05, 0) is 42.9 Å². The summed E-state index contributed by atoms with van der Waals surface area (Å²) in [4.78, 5) is 0. The van der Waals surface area contributed by atoms with Crippen molar-refractivity contribution in [1.82, 2.24) is 5.32 Å². The van der Waals surface area contributed by atoms with Crippen molar-refractivity contribution in [2.24, 2.45) is 0 Å². The van der Waals surface area contributed by atoms with Gasteiger partial charge in [-0.15, -0.1) is 0 Å². The van der Waals surface area contributed by atoms with Crippen molar-refractivity contribution in [2.45, 2.75) is 51.5 Å². The van der Waals surface area contributed by atoms with E-state index in [2.05, 4.69) is 50.4 Å². The average molecular weight is 217 g/mol. The lowest BCUT2D eigenvalue weighted by atomic mass is 9.85. The second-order valence-electron chi connectivity index (χ2n) is 5.24. The molecule has 1 N–H and O–H groups in total. The van der Waals surface area contributed by atoms with E-state index in [1.807, 2.05) is 0 Å². The van der Waals surface area contributed by atoms with Crippen molar-refractivity contribution >= 4 is 0 Å². The lowest BCUT2D eigenvalue weighted by Crippen LogP contribution is -2.35. The zero-order valence-corrected chi connectivity index (χ0v) is 10.7. The minimum Gasteiger partial charge on any atom is -0.307 e. The maximum Gasteiger partial charge on any atom is 0.0432 e. The second-order valence-corrected chi connectivity index (χ2v) is 5.24. The Morgan fingerprint density at radius 3 is 2.38 bits per heavy atom. The molecule has 0 radical (unpaired) electrons. The highest BCUT2D eigenvalue weighted by Gasteiger charge is 2.32. The zero-order valence-electron chi connectivity index (χ0n) is 10.7. The molecule has 0 amide bonds. The van der Waals surface area contributed by atoms with Crippen molar-refractivity contribution in [1.29, 1.82) is 0 Å². The first-order chi connectivity index (χ1) is 7.68. The van der Waals surface area contributed by atoms with Crippen LogP contribution in [0.25, 0.3) is 0 Å². The summed E-state index contributed by atoms with van der Waals surface area (Å²) in [6, 6.07) is 9.21. The van der Waals surface area contributed by atoms with Gasteiger partial charge in [0.2, 0.25) is 0 Å². The lowest BCUT2D eigenvalue weighted by Gasteiger charge is -2.29. The summed E-state index contributed by atoms with van der Waals surface area (Å²) in [5.41, 5.74) is 3.17. The number of nitrogens with one attached hydrogen (secondary N) is 1. The molecule has 1 aromatic rings. The molecule has 16 heavy (non-hydrogen) atoms. The third-order valence-electron chi connectivity index (χ3n) is 3.98. The summed E-state index contributed by atoms with van der Waals surface area (Å²) in [6.45, 7) is 7.95. The molecule has 0 spiro atoms. The first kappa shape index (κ1) is 11.7. The van der Waals surface area contributed by atoms with Gasteiger partial charge < -0.3 is 5.32 Å². The van der Waals surface area contributed by atoms with Crippen LogP contribution in [0.4, 0.5) is 0 Å². The minimum absolute atomic E-state index is 0.259. The second kappa shape index (κ2) is 4.58. The summed E-state index contributed by atoms with van der Waals surface area (Å²) < 4.78 is 0. The maximum atomic E-state index is 3.68. The van der Waals surface area contributed by atoms with E-state index in [9.17, 15) is 0 Å². The molecule has 88 valence electrons. The van der Waals surface area contributed by atoms with E-state index in [-0.39, 0.29) is 5.54 Å². The van der Waals surface area contributed by atoms with E-state index in [1.54, 1.807) is 0 Å². The molecule has 1 aliphatic rings. The molecule has 1 unspecified atom stereocenters. The molecule has 2 rings (SSSR count). The van der Waals surface area contributed by atoms with Crippen molar-refractivity contribution in [2.75, 3.05) is 6.54 Å². The molecule has 1 atom stereocenters. The Morgan fingerprint density at radius 2 is 1.94 bits per heavy atom. The normalized spacial score (nSPS) is 25.2. The van der Waals surface area contributed by atoms with Crippen LogP contribution in [0, 0.1) is 0 Å². The van der Waals surface area contributed by atoms with Gasteiger partial charge in [-0.2, -0.15) is 0 Å². The van der Waals surface area contributed by atoms with Gasteiger partial charge in [-0.3, -0.25) is 0 Å². The molecule has 0 aromatic heterocycles. The fourth-order valence-electron chi connectivity index (χ4n) is 2.75. The quantitative estimate of drug-likeness (QED) is 0.812. The van der Waals surface area contributed by atoms with Crippen molar-refractivity contribution < 1.29 is 0 Å². The number of benzene rings is 1. The van der Waals surface area contributed by atoms with E-state index in [1.165, 1.54) is 36.9 Å². The highest BCUT2D eigenvalue weighted by molar-refractivity contribution is 5.30. The standard InChI is InChI=1S/C15H23N/c1-4-15(10-5-11-16-15)14-8-6-13(7-9-14)12(2)3/h6-9,12,16H,4-5,10-11H2,1-3H3. The Kier molecular flexibility index (Phi) is 3.34. The lowest BCUT2D eigenvalue weighted by molar-refractivity contribution is 0.376. The van der Waals surface area contributed by atoms with E-state index < -0.39 is 0 Å². The fourth-order valence-corrected chi connectivity index (χ4v) is 2.75. The van der Waals surface area contributed by atoms with Crippen LogP contribution in [0.5, 0.6) is 0 Å². The number of hydrogen-bond donors (Lipinski definition) is 1. The summed E-state index contributed by atoms with van der Waals surface area (Å²) in [7, 11) is 0. The molecule has 1 saturated heterocycles. The van der Waals surface area contributed by atoms with Crippen LogP contribution in [0.1, 0.15) is 57.1 Å². The molecular weight excluding hydrogens is 194 g/mol. The summed E-state index contributed by atoms with van der Waals surface area (Å²) in [5, 5.41) is 3.68. The minimum atomic E-state index is 0.259. The third-order valence-corrected chi connectivity index (χ3v) is 3.98. The molecule has 1 heterocycles. The van der Waals surface area contributed by atoms with Crippen LogP contribution in [0.3, 0.4) is 0 Å². The highest BCUT2D eigenvalue weighted by Crippen LogP contribution is 2.34. The highest BCUT2D eigenvalue weighted by atomic mass is 15.0. The van der Waals surface area contributed by atoms with Gasteiger partial charge in [0.15, 0.2) is 0 Å². The topological polar surface area (TPSA) is 12.0 Å². The molecule has 1 aliphatic heterocycles. The van der Waals surface area contributed by atoms with Gasteiger partial charge in [0.25, 0.3) is 0 Å². The maximum absolute atomic E-state index is 3.68. The molecule has 1 fully saturated rings. The zero-order chi connectivity index (χ0) is 11.6. The van der Waals surface area contributed by atoms with Crippen LogP contribution in [-0.4, -0.2) is 6.54 Å². The summed E-state index contributed by atoms with van der Waals surface area (Å²) in [5.74, 6) is 0.628. The number of rotatable bonds is 3. The van der Waals surface area contributed by atoms with E-state index in [4.69, 9.17) is 0 Å². The van der Waals surface area contributed by atoms with E-state index >= 15 is 0 Å². The molecule has 1 nitrogen and oxygen atoms in total. The number of hydrogen-bond acceptors (Lipinski definition) is 1. The molecule has 0 saturated carbocycles. The monoisotopic (exact) mass is 217 g/mol. The van der Waals surface area contributed by atoms with Gasteiger partial charge in [-0.25, -0.2) is 0 Å². The SMILES string of the molecule is CCC1(c2ccc(C(C)C)cc2)CCCN1. The average Bonchev–Trinajstić information content (AvgIpc) is 2.79. The molecular formula is C15H23N. The summed E-state index contributed by atoms with van der Waals surface area (Å²) in [6.07, 6.45) is 3.78. The molecule has 0 bridgehead atoms. The smallest absolute Gasteiger partial charge is 0.0432 e. The predicted molar refractivity (Wildman–Crippen MR) is 69.7 cm³/mol. The Labute approximate surface area is 99.3 Å². The molecule has 1 aromatic carbocycles. The Hall–Kier alpha value is -0.820. The Morgan fingerprint density at radius 1 is 1.25 bits per heavy atom. The van der Waals surface area contributed by atoms with Gasteiger partial charge in [0.1, 0.15) is 0 Å². The Balaban J connectivity index is 2.26. The fraction of sp³-hybridized carbons (Fsp3) is 0.600. The largest absolute Gasteiger partial charge is 0.307 e. The van der Waals surface area contributed by atoms with Crippen LogP contribution < -0.4 is 5.32 Å². The van der Waals surface area contributed by atoms with Crippen LogP contribution >= 0.6 is 0 Å². The van der Waals surface area contributed by atoms with Crippen molar-refractivity contribution in [3.63, 3.8) is 0 Å². The third kappa shape index (κ3) is 2.01.